The van der Waals surface area contributed by atoms with Crippen LogP contribution in [0.2, 0.25) is 0 Å². The van der Waals surface area contributed by atoms with Crippen LogP contribution in [-0.4, -0.2) is 28.6 Å². The van der Waals surface area contributed by atoms with Gasteiger partial charge in [0.1, 0.15) is 0 Å². The highest BCUT2D eigenvalue weighted by Gasteiger charge is 2.58. The Bertz CT molecular complexity index is 1050. The van der Waals surface area contributed by atoms with Crippen molar-refractivity contribution in [3.63, 3.8) is 0 Å². The van der Waals surface area contributed by atoms with E-state index in [-0.39, 0.29) is 35.4 Å². The molecule has 1 aliphatic rings. The van der Waals surface area contributed by atoms with Gasteiger partial charge in [0.05, 0.1) is 5.92 Å². The van der Waals surface area contributed by atoms with Gasteiger partial charge in [-0.05, 0) is 29.9 Å². The van der Waals surface area contributed by atoms with E-state index in [2.05, 4.69) is 0 Å². The Morgan fingerprint density at radius 2 is 1.59 bits per heavy atom. The van der Waals surface area contributed by atoms with E-state index in [0.29, 0.717) is 12.0 Å². The van der Waals surface area contributed by atoms with E-state index in [1.54, 1.807) is 44.2 Å². The molecule has 2 aromatic rings. The average Bonchev–Trinajstić information content (AvgIpc) is 2.97. The number of aliphatic carboxylic acids is 1. The van der Waals surface area contributed by atoms with Crippen molar-refractivity contribution in [2.75, 3.05) is 0 Å². The minimum Gasteiger partial charge on any atom is -0.481 e. The highest BCUT2D eigenvalue weighted by Crippen LogP contribution is 2.45. The first-order valence-corrected chi connectivity index (χ1v) is 11.0. The molecule has 6 nitrogen and oxygen atoms in total. The van der Waals surface area contributed by atoms with E-state index in [4.69, 9.17) is 4.74 Å². The lowest BCUT2D eigenvalue weighted by atomic mass is 9.79. The van der Waals surface area contributed by atoms with Gasteiger partial charge in [-0.1, -0.05) is 70.2 Å². The second-order valence-corrected chi connectivity index (χ2v) is 8.41. The number of ether oxygens (including phenoxy) is 1. The molecular formula is C26H28O6. The van der Waals surface area contributed by atoms with Crippen LogP contribution in [0, 0.1) is 0 Å². The maximum atomic E-state index is 13.7. The second-order valence-electron chi connectivity index (χ2n) is 8.41. The summed E-state index contributed by atoms with van der Waals surface area (Å²) < 4.78 is 5.72. The van der Waals surface area contributed by atoms with Gasteiger partial charge in [0.25, 0.3) is 5.60 Å². The summed E-state index contributed by atoms with van der Waals surface area (Å²) in [5.41, 5.74) is -0.553. The SMILES string of the molecule is CCCC(=O)OC1(c2ccc(C(C)C)cc2C(CC)C(=O)O)C(=O)c2ccccc2C1=O. The molecule has 0 aliphatic heterocycles. The molecule has 0 amide bonds. The fourth-order valence-electron chi connectivity index (χ4n) is 4.26. The maximum absolute atomic E-state index is 13.7. The van der Waals surface area contributed by atoms with Gasteiger partial charge in [0.2, 0.25) is 11.6 Å². The number of carbonyl (C=O) groups excluding carboxylic acids is 3. The number of carboxylic acids is 1. The van der Waals surface area contributed by atoms with Crippen LogP contribution in [0.15, 0.2) is 42.5 Å². The molecule has 168 valence electrons. The molecule has 0 saturated carbocycles. The number of fused-ring (bicyclic) bond motifs is 1. The smallest absolute Gasteiger partial charge is 0.310 e. The van der Waals surface area contributed by atoms with E-state index in [1.165, 1.54) is 12.1 Å². The van der Waals surface area contributed by atoms with E-state index >= 15 is 0 Å². The summed E-state index contributed by atoms with van der Waals surface area (Å²) >= 11 is 0. The largest absolute Gasteiger partial charge is 0.481 e. The summed E-state index contributed by atoms with van der Waals surface area (Å²) in [4.78, 5) is 52.1. The Hall–Kier alpha value is -3.28. The maximum Gasteiger partial charge on any atom is 0.310 e. The molecular weight excluding hydrogens is 408 g/mol. The molecule has 1 N–H and O–H groups in total. The minimum atomic E-state index is -2.22. The van der Waals surface area contributed by atoms with Crippen LogP contribution in [0.3, 0.4) is 0 Å². The molecule has 0 fully saturated rings. The van der Waals surface area contributed by atoms with Gasteiger partial charge in [-0.2, -0.15) is 0 Å². The Morgan fingerprint density at radius 3 is 2.06 bits per heavy atom. The Balaban J connectivity index is 2.34. The summed E-state index contributed by atoms with van der Waals surface area (Å²) in [6.07, 6.45) is 0.766. The molecule has 1 aliphatic carbocycles. The van der Waals surface area contributed by atoms with Crippen molar-refractivity contribution in [2.24, 2.45) is 0 Å². The number of hydrogen-bond donors (Lipinski definition) is 1. The number of benzene rings is 2. The quantitative estimate of drug-likeness (QED) is 0.462. The number of carbonyl (C=O) groups is 4. The first kappa shape index (κ1) is 23.4. The summed E-state index contributed by atoms with van der Waals surface area (Å²) in [6, 6.07) is 11.4. The highest BCUT2D eigenvalue weighted by molar-refractivity contribution is 6.32. The van der Waals surface area contributed by atoms with Crippen molar-refractivity contribution in [3.05, 3.63) is 70.3 Å². The van der Waals surface area contributed by atoms with Crippen molar-refractivity contribution in [3.8, 4) is 0 Å². The van der Waals surface area contributed by atoms with Crippen molar-refractivity contribution in [2.45, 2.75) is 64.4 Å². The predicted molar refractivity (Wildman–Crippen MR) is 119 cm³/mol. The normalized spacial score (nSPS) is 15.5. The molecule has 32 heavy (non-hydrogen) atoms. The number of ketones is 2. The summed E-state index contributed by atoms with van der Waals surface area (Å²) in [5, 5.41) is 9.90. The van der Waals surface area contributed by atoms with Crippen LogP contribution < -0.4 is 0 Å². The number of carboxylic acid groups (broad SMARTS) is 1. The molecule has 0 bridgehead atoms. The third kappa shape index (κ3) is 3.74. The molecule has 0 heterocycles. The molecule has 0 spiro atoms. The van der Waals surface area contributed by atoms with E-state index in [0.717, 1.165) is 5.56 Å². The lowest BCUT2D eigenvalue weighted by Crippen LogP contribution is -2.44. The molecule has 1 atom stereocenters. The molecule has 1 unspecified atom stereocenters. The number of hydrogen-bond acceptors (Lipinski definition) is 5. The van der Waals surface area contributed by atoms with Crippen molar-refractivity contribution >= 4 is 23.5 Å². The zero-order valence-corrected chi connectivity index (χ0v) is 18.8. The fraction of sp³-hybridized carbons (Fsp3) is 0.385. The number of rotatable bonds is 8. The summed E-state index contributed by atoms with van der Waals surface area (Å²) in [5.74, 6) is -3.89. The molecule has 3 rings (SSSR count). The number of Topliss-reactive ketones (excluding diaryl/α,β-unsaturated/α-hetero) is 2. The molecule has 2 aromatic carbocycles. The topological polar surface area (TPSA) is 97.7 Å². The lowest BCUT2D eigenvalue weighted by molar-refractivity contribution is -0.152. The predicted octanol–water partition coefficient (Wildman–Crippen LogP) is 5.01. The van der Waals surface area contributed by atoms with Crippen LogP contribution in [0.25, 0.3) is 0 Å². The molecule has 0 aromatic heterocycles. The van der Waals surface area contributed by atoms with E-state index in [9.17, 15) is 24.3 Å². The van der Waals surface area contributed by atoms with Crippen LogP contribution >= 0.6 is 0 Å². The third-order valence-corrected chi connectivity index (χ3v) is 5.98. The minimum absolute atomic E-state index is 0.0359. The van der Waals surface area contributed by atoms with Crippen molar-refractivity contribution in [1.29, 1.82) is 0 Å². The van der Waals surface area contributed by atoms with Gasteiger partial charge >= 0.3 is 11.9 Å². The number of esters is 1. The Morgan fingerprint density at radius 1 is 1.00 bits per heavy atom. The van der Waals surface area contributed by atoms with Crippen LogP contribution in [0.4, 0.5) is 0 Å². The Kier molecular flexibility index (Phi) is 6.63. The Labute approximate surface area is 187 Å². The van der Waals surface area contributed by atoms with E-state index in [1.807, 2.05) is 13.8 Å². The molecule has 0 radical (unpaired) electrons. The van der Waals surface area contributed by atoms with Gasteiger partial charge in [-0.15, -0.1) is 0 Å². The van der Waals surface area contributed by atoms with Crippen LogP contribution in [0.1, 0.15) is 96.2 Å². The van der Waals surface area contributed by atoms with Gasteiger partial charge in [0.15, 0.2) is 0 Å². The second kappa shape index (κ2) is 9.07. The third-order valence-electron chi connectivity index (χ3n) is 5.98. The first-order chi connectivity index (χ1) is 15.2. The van der Waals surface area contributed by atoms with Crippen molar-refractivity contribution < 1.29 is 29.0 Å². The van der Waals surface area contributed by atoms with Crippen LogP contribution in [0.5, 0.6) is 0 Å². The standard InChI is InChI=1S/C26H28O6/c1-5-9-22(27)32-26(23(28)18-10-7-8-11-19(18)24(26)29)21-13-12-16(15(3)4)14-20(21)17(6-2)25(30)31/h7-8,10-15,17H,5-6,9H2,1-4H3,(H,30,31). The average molecular weight is 437 g/mol. The van der Waals surface area contributed by atoms with Gasteiger partial charge in [-0.3, -0.25) is 19.2 Å². The first-order valence-electron chi connectivity index (χ1n) is 11.0. The summed E-state index contributed by atoms with van der Waals surface area (Å²) in [7, 11) is 0. The zero-order valence-electron chi connectivity index (χ0n) is 18.8. The van der Waals surface area contributed by atoms with Gasteiger partial charge in [0, 0.05) is 23.1 Å². The summed E-state index contributed by atoms with van der Waals surface area (Å²) in [6.45, 7) is 7.47. The van der Waals surface area contributed by atoms with Crippen molar-refractivity contribution in [1.82, 2.24) is 0 Å². The molecule has 0 saturated heterocycles. The lowest BCUT2D eigenvalue weighted by Gasteiger charge is -2.30. The van der Waals surface area contributed by atoms with E-state index < -0.39 is 35.0 Å². The highest BCUT2D eigenvalue weighted by atomic mass is 16.6. The monoisotopic (exact) mass is 436 g/mol. The molecule has 6 heteroatoms. The van der Waals surface area contributed by atoms with Gasteiger partial charge < -0.3 is 9.84 Å². The zero-order chi connectivity index (χ0) is 23.6. The van der Waals surface area contributed by atoms with Gasteiger partial charge in [-0.25, -0.2) is 0 Å². The fourth-order valence-corrected chi connectivity index (χ4v) is 4.26. The van der Waals surface area contributed by atoms with Crippen LogP contribution in [-0.2, 0) is 19.9 Å².